The van der Waals surface area contributed by atoms with E-state index in [2.05, 4.69) is 10.2 Å². The summed E-state index contributed by atoms with van der Waals surface area (Å²) >= 11 is 0. The Kier molecular flexibility index (Phi) is 6.80. The van der Waals surface area contributed by atoms with Gasteiger partial charge >= 0.3 is 0 Å². The van der Waals surface area contributed by atoms with E-state index >= 15 is 0 Å². The summed E-state index contributed by atoms with van der Waals surface area (Å²) in [5.41, 5.74) is 1.43. The average molecular weight is 543 g/mol. The Morgan fingerprint density at radius 3 is 2.15 bits per heavy atom. The highest BCUT2D eigenvalue weighted by molar-refractivity contribution is 6.21. The van der Waals surface area contributed by atoms with E-state index < -0.39 is 6.10 Å². The number of hydrogen-bond donors (Lipinski definition) is 2. The number of para-hydroxylation sites is 1. The van der Waals surface area contributed by atoms with Crippen molar-refractivity contribution < 1.29 is 19.5 Å². The maximum Gasteiger partial charge on any atom is 0.264 e. The fourth-order valence-corrected chi connectivity index (χ4v) is 6.83. The Bertz CT molecular complexity index is 1510. The van der Waals surface area contributed by atoms with Gasteiger partial charge in [-0.2, -0.15) is 0 Å². The highest BCUT2D eigenvalue weighted by atomic mass is 16.3. The van der Waals surface area contributed by atoms with Crippen LogP contribution in [-0.4, -0.2) is 74.5 Å². The minimum Gasteiger partial charge on any atom is -0.390 e. The molecule has 2 aromatic carbocycles. The fraction of sp³-hybridized carbons (Fsp3) is 0.419. The van der Waals surface area contributed by atoms with Crippen molar-refractivity contribution in [2.24, 2.45) is 0 Å². The van der Waals surface area contributed by atoms with E-state index in [1.165, 1.54) is 0 Å². The number of piperidine rings is 1. The molecule has 2 N–H and O–H groups in total. The zero-order chi connectivity index (χ0) is 28.1. The number of fused-ring (bicyclic) bond motifs is 4. The maximum absolute atomic E-state index is 13.3. The second-order valence-electron chi connectivity index (χ2n) is 11.5. The van der Waals surface area contributed by atoms with Crippen LogP contribution in [0, 0.1) is 0 Å². The molecule has 2 unspecified atom stereocenters. The number of pyridine rings is 1. The summed E-state index contributed by atoms with van der Waals surface area (Å²) in [5, 5.41) is 14.9. The zero-order valence-electron chi connectivity index (χ0n) is 22.7. The van der Waals surface area contributed by atoms with Gasteiger partial charge in [0.15, 0.2) is 0 Å². The van der Waals surface area contributed by atoms with Crippen LogP contribution in [0.5, 0.6) is 0 Å². The van der Waals surface area contributed by atoms with Crippen molar-refractivity contribution in [3.05, 3.63) is 81.6 Å². The van der Waals surface area contributed by atoms with E-state index in [1.54, 1.807) is 34.9 Å². The van der Waals surface area contributed by atoms with E-state index in [9.17, 15) is 24.3 Å². The van der Waals surface area contributed by atoms with Gasteiger partial charge in [-0.1, -0.05) is 30.3 Å². The van der Waals surface area contributed by atoms with Gasteiger partial charge in [-0.05, 0) is 69.2 Å². The van der Waals surface area contributed by atoms with Crippen molar-refractivity contribution in [2.75, 3.05) is 13.1 Å². The van der Waals surface area contributed by atoms with Gasteiger partial charge in [0, 0.05) is 30.7 Å². The molecule has 0 saturated carbocycles. The number of nitrogens with one attached hydrogen (secondary N) is 1. The molecule has 0 spiro atoms. The molecule has 3 aliphatic heterocycles. The molecule has 0 radical (unpaired) electrons. The first-order valence-corrected chi connectivity index (χ1v) is 14.1. The number of imide groups is 1. The number of hydrogen-bond acceptors (Lipinski definition) is 6. The smallest absolute Gasteiger partial charge is 0.264 e. The zero-order valence-corrected chi connectivity index (χ0v) is 22.7. The summed E-state index contributed by atoms with van der Waals surface area (Å²) in [5.74, 6) is -1.09. The molecule has 3 aliphatic rings. The number of aliphatic hydroxyl groups excluding tert-OH is 1. The lowest BCUT2D eigenvalue weighted by molar-refractivity contribution is 0.0301. The summed E-state index contributed by atoms with van der Waals surface area (Å²) in [7, 11) is 0. The summed E-state index contributed by atoms with van der Waals surface area (Å²) < 4.78 is 1.67. The molecule has 4 atom stereocenters. The number of rotatable bonds is 7. The molecule has 9 heteroatoms. The van der Waals surface area contributed by atoms with Crippen LogP contribution in [0.3, 0.4) is 0 Å². The molecule has 3 aromatic rings. The lowest BCUT2D eigenvalue weighted by Crippen LogP contribution is -2.53. The molecule has 1 aromatic heterocycles. The number of nitrogens with zero attached hydrogens (tertiary/aromatic N) is 3. The Morgan fingerprint density at radius 1 is 0.925 bits per heavy atom. The van der Waals surface area contributed by atoms with Crippen molar-refractivity contribution in [3.8, 4) is 0 Å². The molecule has 9 nitrogen and oxygen atoms in total. The lowest BCUT2D eigenvalue weighted by Gasteiger charge is -2.40. The van der Waals surface area contributed by atoms with Crippen LogP contribution in [0.1, 0.15) is 76.6 Å². The van der Waals surface area contributed by atoms with Gasteiger partial charge in [0.25, 0.3) is 23.3 Å². The second-order valence-corrected chi connectivity index (χ2v) is 11.5. The average Bonchev–Trinajstić information content (AvgIpc) is 3.30. The van der Waals surface area contributed by atoms with Gasteiger partial charge in [-0.25, -0.2) is 0 Å². The molecule has 6 rings (SSSR count). The highest BCUT2D eigenvalue weighted by Crippen LogP contribution is 2.36. The van der Waals surface area contributed by atoms with E-state index in [-0.39, 0.29) is 59.6 Å². The predicted octanol–water partition coefficient (Wildman–Crippen LogP) is 2.96. The highest BCUT2D eigenvalue weighted by Gasteiger charge is 2.43. The molecule has 2 saturated heterocycles. The van der Waals surface area contributed by atoms with Crippen molar-refractivity contribution in [2.45, 2.75) is 69.8 Å². The number of β-amino-alcohol motifs (C(OH)–C–C–N with tert-alkyl or cyclic N) is 1. The Labute approximate surface area is 232 Å². The summed E-state index contributed by atoms with van der Waals surface area (Å²) in [6, 6.07) is 16.2. The van der Waals surface area contributed by atoms with Gasteiger partial charge in [0.1, 0.15) is 5.56 Å². The standard InChI is InChI=1S/C31H34N4O5/c1-18(2)35-27-10-6-3-7-19(27)13-26(31(35)40)28(37)32-20-14-21-11-12-22(15-20)33(21)16-23(36)17-34-29(38)24-8-4-5-9-25(24)30(34)39/h3-10,13,18,20-23,36H,11-12,14-17H2,1-2H3,(H,32,37)/t20?,21-,22+,23?. The number of amides is 3. The molecule has 40 heavy (non-hydrogen) atoms. The van der Waals surface area contributed by atoms with E-state index in [4.69, 9.17) is 0 Å². The summed E-state index contributed by atoms with van der Waals surface area (Å²) in [6.45, 7) is 4.18. The third kappa shape index (κ3) is 4.53. The number of carbonyl (C=O) groups is 3. The molecule has 208 valence electrons. The quantitative estimate of drug-likeness (QED) is 0.444. The third-order valence-corrected chi connectivity index (χ3v) is 8.62. The van der Waals surface area contributed by atoms with Crippen molar-refractivity contribution in [3.63, 3.8) is 0 Å². The first kappa shape index (κ1) is 26.4. The van der Waals surface area contributed by atoms with Crippen LogP contribution in [0.25, 0.3) is 10.9 Å². The van der Waals surface area contributed by atoms with Crippen LogP contribution < -0.4 is 10.9 Å². The van der Waals surface area contributed by atoms with E-state index in [1.807, 2.05) is 38.1 Å². The van der Waals surface area contributed by atoms with Gasteiger partial charge in [0.2, 0.25) is 0 Å². The van der Waals surface area contributed by atoms with Crippen LogP contribution in [0.2, 0.25) is 0 Å². The maximum atomic E-state index is 13.3. The van der Waals surface area contributed by atoms with Crippen LogP contribution in [0.4, 0.5) is 0 Å². The van der Waals surface area contributed by atoms with Gasteiger partial charge in [-0.15, -0.1) is 0 Å². The Hall–Kier alpha value is -3.82. The number of aromatic nitrogens is 1. The lowest BCUT2D eigenvalue weighted by atomic mass is 9.96. The number of carbonyl (C=O) groups excluding carboxylic acids is 3. The van der Waals surface area contributed by atoms with Crippen molar-refractivity contribution in [1.29, 1.82) is 0 Å². The molecule has 2 bridgehead atoms. The normalized spacial score (nSPS) is 23.2. The predicted molar refractivity (Wildman–Crippen MR) is 150 cm³/mol. The van der Waals surface area contributed by atoms with Crippen LogP contribution >= 0.6 is 0 Å². The third-order valence-electron chi connectivity index (χ3n) is 8.62. The second kappa shape index (κ2) is 10.3. The first-order chi connectivity index (χ1) is 19.2. The van der Waals surface area contributed by atoms with Gasteiger partial charge in [0.05, 0.1) is 29.3 Å². The van der Waals surface area contributed by atoms with E-state index in [0.29, 0.717) is 30.5 Å². The van der Waals surface area contributed by atoms with Crippen LogP contribution in [-0.2, 0) is 0 Å². The Morgan fingerprint density at radius 2 is 1.52 bits per heavy atom. The summed E-state index contributed by atoms with van der Waals surface area (Å²) in [4.78, 5) is 55.5. The fourth-order valence-electron chi connectivity index (χ4n) is 6.83. The van der Waals surface area contributed by atoms with Crippen molar-refractivity contribution in [1.82, 2.24) is 19.7 Å². The minimum atomic E-state index is -0.872. The molecule has 4 heterocycles. The number of benzene rings is 2. The molecule has 3 amide bonds. The van der Waals surface area contributed by atoms with Gasteiger partial charge in [-0.3, -0.25) is 29.0 Å². The largest absolute Gasteiger partial charge is 0.390 e. The van der Waals surface area contributed by atoms with E-state index in [0.717, 1.165) is 28.6 Å². The summed E-state index contributed by atoms with van der Waals surface area (Å²) in [6.07, 6.45) is 2.46. The minimum absolute atomic E-state index is 0.0491. The van der Waals surface area contributed by atoms with Crippen molar-refractivity contribution >= 4 is 28.6 Å². The molecular formula is C31H34N4O5. The number of aliphatic hydroxyl groups is 1. The molecule has 2 fully saturated rings. The first-order valence-electron chi connectivity index (χ1n) is 14.1. The van der Waals surface area contributed by atoms with Gasteiger partial charge < -0.3 is 15.0 Å². The molecule has 0 aliphatic carbocycles. The monoisotopic (exact) mass is 542 g/mol. The van der Waals surface area contributed by atoms with Crippen LogP contribution in [0.15, 0.2) is 59.4 Å². The topological polar surface area (TPSA) is 112 Å². The Balaban J connectivity index is 1.11. The SMILES string of the molecule is CC(C)n1c(=O)c(C(=O)NC2C[C@H]3CC[C@@H](C2)N3CC(O)CN2C(=O)c3ccccc3C2=O)cc2ccccc21. The molecular weight excluding hydrogens is 508 g/mol.